The van der Waals surface area contributed by atoms with E-state index in [1.807, 2.05) is 6.92 Å². The number of hydrogen-bond acceptors (Lipinski definition) is 2. The second-order valence-corrected chi connectivity index (χ2v) is 2.97. The van der Waals surface area contributed by atoms with E-state index in [0.29, 0.717) is 12.5 Å². The van der Waals surface area contributed by atoms with Crippen molar-refractivity contribution in [2.75, 3.05) is 20.1 Å². The van der Waals surface area contributed by atoms with Gasteiger partial charge in [0.25, 0.3) is 6.43 Å². The molecule has 0 saturated heterocycles. The minimum Gasteiger partial charge on any atom is -0.339 e. The van der Waals surface area contributed by atoms with Crippen LogP contribution in [0.2, 0.25) is 0 Å². The smallest absolute Gasteiger partial charge is 0.255 e. The van der Waals surface area contributed by atoms with Gasteiger partial charge in [-0.2, -0.15) is 0 Å². The van der Waals surface area contributed by atoms with Gasteiger partial charge in [-0.05, 0) is 6.42 Å². The molecule has 0 radical (unpaired) electrons. The number of aliphatic imine (C=N–C) groups is 1. The Morgan fingerprint density at radius 1 is 1.57 bits per heavy atom. The Morgan fingerprint density at radius 2 is 2.21 bits per heavy atom. The lowest BCUT2D eigenvalue weighted by Crippen LogP contribution is -2.44. The maximum atomic E-state index is 12.0. The van der Waals surface area contributed by atoms with E-state index in [9.17, 15) is 8.78 Å². The van der Waals surface area contributed by atoms with Gasteiger partial charge in [0.15, 0.2) is 0 Å². The first-order valence-corrected chi connectivity index (χ1v) is 4.62. The molecule has 0 aromatic heterocycles. The molecule has 0 bridgehead atoms. The fraction of sp³-hybridized carbons (Fsp3) is 0.875. The lowest BCUT2D eigenvalue weighted by atomic mass is 10.3. The summed E-state index contributed by atoms with van der Waals surface area (Å²) in [6, 6.07) is 0. The zero-order valence-electron chi connectivity index (χ0n) is 8.63. The third-order valence-corrected chi connectivity index (χ3v) is 1.68. The lowest BCUT2D eigenvalue weighted by molar-refractivity contribution is 0.122. The summed E-state index contributed by atoms with van der Waals surface area (Å²) in [7, 11) is 1.52. The van der Waals surface area contributed by atoms with E-state index in [-0.39, 0.29) is 6.54 Å². The number of halogens is 2. The van der Waals surface area contributed by atoms with Gasteiger partial charge in [0, 0.05) is 13.6 Å². The molecule has 0 fully saturated rings. The van der Waals surface area contributed by atoms with Crippen molar-refractivity contribution in [2.24, 2.45) is 10.8 Å². The highest BCUT2D eigenvalue weighted by atomic mass is 19.3. The van der Waals surface area contributed by atoms with E-state index in [1.54, 1.807) is 0 Å². The van der Waals surface area contributed by atoms with Gasteiger partial charge >= 0.3 is 0 Å². The Kier molecular flexibility index (Phi) is 7.00. The van der Waals surface area contributed by atoms with Crippen LogP contribution in [-0.2, 0) is 0 Å². The van der Waals surface area contributed by atoms with Crippen molar-refractivity contribution in [3.63, 3.8) is 0 Å². The Hall–Kier alpha value is -0.910. The number of unbranched alkanes of at least 4 members (excludes halogenated alkanes) is 1. The van der Waals surface area contributed by atoms with Gasteiger partial charge in [-0.1, -0.05) is 13.3 Å². The molecule has 0 saturated carbocycles. The van der Waals surface area contributed by atoms with Crippen LogP contribution >= 0.6 is 0 Å². The van der Waals surface area contributed by atoms with E-state index < -0.39 is 6.43 Å². The van der Waals surface area contributed by atoms with Gasteiger partial charge < -0.3 is 4.90 Å². The van der Waals surface area contributed by atoms with Gasteiger partial charge in [0.2, 0.25) is 5.96 Å². The molecular weight excluding hydrogens is 190 g/mol. The van der Waals surface area contributed by atoms with Gasteiger partial charge in [-0.15, -0.1) is 0 Å². The maximum Gasteiger partial charge on any atom is 0.255 e. The second-order valence-electron chi connectivity index (χ2n) is 2.97. The summed E-state index contributed by atoms with van der Waals surface area (Å²) in [4.78, 5) is 5.36. The Morgan fingerprint density at radius 3 is 2.64 bits per heavy atom. The number of guanidine groups is 1. The van der Waals surface area contributed by atoms with Gasteiger partial charge in [0.05, 0.1) is 6.54 Å². The van der Waals surface area contributed by atoms with Crippen molar-refractivity contribution >= 4 is 5.96 Å². The number of rotatable bonds is 5. The van der Waals surface area contributed by atoms with Crippen LogP contribution in [0.25, 0.3) is 0 Å². The van der Waals surface area contributed by atoms with E-state index >= 15 is 0 Å². The first kappa shape index (κ1) is 13.1. The molecule has 0 aromatic rings. The summed E-state index contributed by atoms with van der Waals surface area (Å²) in [5.41, 5.74) is 2.31. The van der Waals surface area contributed by atoms with Gasteiger partial charge in [0.1, 0.15) is 0 Å². The fourth-order valence-corrected chi connectivity index (χ4v) is 0.913. The second kappa shape index (κ2) is 7.49. The molecule has 14 heavy (non-hydrogen) atoms. The largest absolute Gasteiger partial charge is 0.339 e. The molecule has 0 rings (SSSR count). The Balaban J connectivity index is 4.03. The third-order valence-electron chi connectivity index (χ3n) is 1.68. The highest BCUT2D eigenvalue weighted by Crippen LogP contribution is 1.96. The molecule has 4 nitrogen and oxygen atoms in total. The molecule has 0 heterocycles. The first-order valence-electron chi connectivity index (χ1n) is 4.62. The summed E-state index contributed by atoms with van der Waals surface area (Å²) in [6.45, 7) is 2.27. The van der Waals surface area contributed by atoms with E-state index in [0.717, 1.165) is 12.8 Å². The standard InChI is InChI=1S/C8H18F2N4/c1-3-4-5-12-8(13-11)14(2)6-7(9)10/h7H,3-6,11H2,1-2H3,(H,12,13). The first-order chi connectivity index (χ1) is 6.61. The molecule has 0 spiro atoms. The van der Waals surface area contributed by atoms with E-state index in [2.05, 4.69) is 10.4 Å². The van der Waals surface area contributed by atoms with Crippen molar-refractivity contribution in [3.8, 4) is 0 Å². The number of alkyl halides is 2. The molecule has 84 valence electrons. The molecule has 0 aliphatic carbocycles. The number of hydrazine groups is 1. The number of nitrogens with one attached hydrogen (secondary N) is 1. The fourth-order valence-electron chi connectivity index (χ4n) is 0.913. The summed E-state index contributed by atoms with van der Waals surface area (Å²) in [5, 5.41) is 0. The SMILES string of the molecule is CCCCN=C(NN)N(C)CC(F)F. The van der Waals surface area contributed by atoms with Crippen molar-refractivity contribution < 1.29 is 8.78 Å². The topological polar surface area (TPSA) is 53.6 Å². The summed E-state index contributed by atoms with van der Waals surface area (Å²) in [5.74, 6) is 5.47. The highest BCUT2D eigenvalue weighted by molar-refractivity contribution is 5.79. The monoisotopic (exact) mass is 208 g/mol. The molecular formula is C8H18F2N4. The summed E-state index contributed by atoms with van der Waals surface area (Å²) >= 11 is 0. The van der Waals surface area contributed by atoms with Crippen molar-refractivity contribution in [3.05, 3.63) is 0 Å². The van der Waals surface area contributed by atoms with Crippen molar-refractivity contribution in [1.82, 2.24) is 10.3 Å². The van der Waals surface area contributed by atoms with Crippen LogP contribution in [0.15, 0.2) is 4.99 Å². The lowest BCUT2D eigenvalue weighted by Gasteiger charge is -2.19. The zero-order chi connectivity index (χ0) is 11.0. The quantitative estimate of drug-likeness (QED) is 0.231. The van der Waals surface area contributed by atoms with Crippen molar-refractivity contribution in [1.29, 1.82) is 0 Å². The van der Waals surface area contributed by atoms with Crippen LogP contribution in [0, 0.1) is 0 Å². The van der Waals surface area contributed by atoms with Crippen molar-refractivity contribution in [2.45, 2.75) is 26.2 Å². The molecule has 0 aliphatic rings. The molecule has 0 aliphatic heterocycles. The Labute approximate surface area is 83.1 Å². The Bertz CT molecular complexity index is 173. The van der Waals surface area contributed by atoms with E-state index in [4.69, 9.17) is 5.84 Å². The third kappa shape index (κ3) is 5.69. The molecule has 6 heteroatoms. The molecule has 0 unspecified atom stereocenters. The normalized spacial score (nSPS) is 12.0. The molecule has 0 amide bonds. The summed E-state index contributed by atoms with van der Waals surface area (Å²) in [6.07, 6.45) is -0.446. The van der Waals surface area contributed by atoms with Crippen LogP contribution in [0.5, 0.6) is 0 Å². The predicted molar refractivity (Wildman–Crippen MR) is 53.2 cm³/mol. The van der Waals surface area contributed by atoms with E-state index in [1.165, 1.54) is 11.9 Å². The van der Waals surface area contributed by atoms with Crippen LogP contribution in [0.4, 0.5) is 8.78 Å². The minimum absolute atomic E-state index is 0.304. The van der Waals surface area contributed by atoms with Crippen LogP contribution in [0.3, 0.4) is 0 Å². The molecule has 3 N–H and O–H groups in total. The van der Waals surface area contributed by atoms with Gasteiger partial charge in [-0.25, -0.2) is 14.6 Å². The highest BCUT2D eigenvalue weighted by Gasteiger charge is 2.10. The van der Waals surface area contributed by atoms with Crippen LogP contribution < -0.4 is 11.3 Å². The summed E-state index contributed by atoms with van der Waals surface area (Å²) < 4.78 is 24.0. The maximum absolute atomic E-state index is 12.0. The number of hydrogen-bond donors (Lipinski definition) is 2. The molecule has 0 atom stereocenters. The predicted octanol–water partition coefficient (Wildman–Crippen LogP) is 0.803. The number of nitrogens with zero attached hydrogens (tertiary/aromatic N) is 2. The molecule has 0 aromatic carbocycles. The van der Waals surface area contributed by atoms with Crippen LogP contribution in [0.1, 0.15) is 19.8 Å². The van der Waals surface area contributed by atoms with Crippen LogP contribution in [-0.4, -0.2) is 37.4 Å². The zero-order valence-corrected chi connectivity index (χ0v) is 8.63. The average molecular weight is 208 g/mol. The average Bonchev–Trinajstić information content (AvgIpc) is 2.11. The van der Waals surface area contributed by atoms with Gasteiger partial charge in [-0.3, -0.25) is 10.4 Å². The number of nitrogens with two attached hydrogens (primary N) is 1. The minimum atomic E-state index is -2.38.